The first kappa shape index (κ1) is 23.9. The highest BCUT2D eigenvalue weighted by Crippen LogP contribution is 2.31. The van der Waals surface area contributed by atoms with Crippen LogP contribution in [0, 0.1) is 6.92 Å². The van der Waals surface area contributed by atoms with Gasteiger partial charge in [-0.1, -0.05) is 72.3 Å². The number of aryl methyl sites for hydroxylation is 1. The van der Waals surface area contributed by atoms with E-state index in [1.807, 2.05) is 55.5 Å². The molecular weight excluding hydrogens is 492 g/mol. The first-order valence-corrected chi connectivity index (χ1v) is 13.3. The maximum atomic E-state index is 12.9. The van der Waals surface area contributed by atoms with Gasteiger partial charge in [-0.15, -0.1) is 0 Å². The predicted molar refractivity (Wildman–Crippen MR) is 144 cm³/mol. The van der Waals surface area contributed by atoms with Crippen molar-refractivity contribution in [3.63, 3.8) is 0 Å². The number of aromatic amines is 1. The predicted octanol–water partition coefficient (Wildman–Crippen LogP) is 6.51. The largest absolute Gasteiger partial charge is 0.358 e. The van der Waals surface area contributed by atoms with Gasteiger partial charge in [0, 0.05) is 33.6 Å². The van der Waals surface area contributed by atoms with E-state index < -0.39 is 15.9 Å². The number of hydrogen-bond donors (Lipinski definition) is 2. The lowest BCUT2D eigenvalue weighted by Gasteiger charge is -2.09. The van der Waals surface area contributed by atoms with Crippen LogP contribution in [0.4, 0.5) is 0 Å². The standard InChI is InChI=1S/C29H23ClN2O3S/c1-19-25(16-22-13-12-21(18-27(22)30)20-8-4-2-5-9-20)26-17-23(14-15-28(26)31-19)29(33)32-36(34,35)24-10-6-3-7-11-24/h2-15,17-18,31H,16H2,1H3,(H,32,33). The Morgan fingerprint density at radius 2 is 1.56 bits per heavy atom. The van der Waals surface area contributed by atoms with E-state index in [-0.39, 0.29) is 10.5 Å². The first-order chi connectivity index (χ1) is 17.3. The van der Waals surface area contributed by atoms with E-state index in [2.05, 4.69) is 9.71 Å². The van der Waals surface area contributed by atoms with Gasteiger partial charge < -0.3 is 4.98 Å². The molecule has 4 aromatic carbocycles. The summed E-state index contributed by atoms with van der Waals surface area (Å²) in [4.78, 5) is 16.2. The number of carbonyl (C=O) groups is 1. The zero-order valence-electron chi connectivity index (χ0n) is 19.5. The summed E-state index contributed by atoms with van der Waals surface area (Å²) in [5, 5.41) is 1.51. The fourth-order valence-electron chi connectivity index (χ4n) is 4.28. The van der Waals surface area contributed by atoms with Crippen molar-refractivity contribution in [2.45, 2.75) is 18.2 Å². The van der Waals surface area contributed by atoms with Crippen molar-refractivity contribution in [3.8, 4) is 11.1 Å². The highest BCUT2D eigenvalue weighted by Gasteiger charge is 2.20. The van der Waals surface area contributed by atoms with E-state index >= 15 is 0 Å². The highest BCUT2D eigenvalue weighted by atomic mass is 35.5. The molecule has 2 N–H and O–H groups in total. The molecule has 5 rings (SSSR count). The van der Waals surface area contributed by atoms with Gasteiger partial charge in [-0.3, -0.25) is 4.79 Å². The zero-order chi connectivity index (χ0) is 25.3. The van der Waals surface area contributed by atoms with Gasteiger partial charge in [-0.25, -0.2) is 13.1 Å². The molecule has 0 aliphatic heterocycles. The molecule has 180 valence electrons. The van der Waals surface area contributed by atoms with Crippen molar-refractivity contribution in [2.75, 3.05) is 0 Å². The zero-order valence-corrected chi connectivity index (χ0v) is 21.0. The minimum absolute atomic E-state index is 0.0335. The number of hydrogen-bond acceptors (Lipinski definition) is 3. The van der Waals surface area contributed by atoms with Crippen LogP contribution in [0.25, 0.3) is 22.0 Å². The van der Waals surface area contributed by atoms with Crippen LogP contribution in [0.15, 0.2) is 102 Å². The molecule has 0 radical (unpaired) electrons. The smallest absolute Gasteiger partial charge is 0.265 e. The summed E-state index contributed by atoms with van der Waals surface area (Å²) in [6, 6.07) is 29.0. The number of amides is 1. The Hall–Kier alpha value is -3.87. The Morgan fingerprint density at radius 3 is 2.25 bits per heavy atom. The fraction of sp³-hybridized carbons (Fsp3) is 0.0690. The Balaban J connectivity index is 1.44. The average molecular weight is 515 g/mol. The molecule has 1 amide bonds. The molecule has 5 aromatic rings. The molecule has 0 spiro atoms. The van der Waals surface area contributed by atoms with Crippen molar-refractivity contribution < 1.29 is 13.2 Å². The normalized spacial score (nSPS) is 11.5. The molecule has 0 fully saturated rings. The summed E-state index contributed by atoms with van der Waals surface area (Å²) in [6.45, 7) is 1.97. The molecule has 0 atom stereocenters. The van der Waals surface area contributed by atoms with Crippen LogP contribution in [-0.4, -0.2) is 19.3 Å². The molecule has 0 unspecified atom stereocenters. The molecule has 0 bridgehead atoms. The van der Waals surface area contributed by atoms with Gasteiger partial charge in [0.2, 0.25) is 0 Å². The van der Waals surface area contributed by atoms with Gasteiger partial charge in [0.1, 0.15) is 0 Å². The third-order valence-electron chi connectivity index (χ3n) is 6.19. The number of H-pyrrole nitrogens is 1. The summed E-state index contributed by atoms with van der Waals surface area (Å²) in [5.74, 6) is -0.684. The molecule has 0 saturated carbocycles. The molecule has 0 saturated heterocycles. The van der Waals surface area contributed by atoms with Crippen LogP contribution in [0.3, 0.4) is 0 Å². The maximum Gasteiger partial charge on any atom is 0.265 e. The quantitative estimate of drug-likeness (QED) is 0.271. The number of halogens is 1. The third-order valence-corrected chi connectivity index (χ3v) is 7.89. The second-order valence-electron chi connectivity index (χ2n) is 8.59. The number of aromatic nitrogens is 1. The van der Waals surface area contributed by atoms with Gasteiger partial charge in [0.15, 0.2) is 0 Å². The average Bonchev–Trinajstić information content (AvgIpc) is 3.20. The highest BCUT2D eigenvalue weighted by molar-refractivity contribution is 7.90. The Morgan fingerprint density at radius 1 is 0.861 bits per heavy atom. The second kappa shape index (κ2) is 9.64. The van der Waals surface area contributed by atoms with E-state index in [1.165, 1.54) is 12.1 Å². The molecule has 36 heavy (non-hydrogen) atoms. The lowest BCUT2D eigenvalue weighted by atomic mass is 9.98. The van der Waals surface area contributed by atoms with Gasteiger partial charge >= 0.3 is 0 Å². The molecule has 0 aliphatic rings. The van der Waals surface area contributed by atoms with E-state index in [9.17, 15) is 13.2 Å². The van der Waals surface area contributed by atoms with Crippen LogP contribution in [0.5, 0.6) is 0 Å². The van der Waals surface area contributed by atoms with Crippen LogP contribution >= 0.6 is 11.6 Å². The minimum atomic E-state index is -3.97. The lowest BCUT2D eigenvalue weighted by Crippen LogP contribution is -2.30. The van der Waals surface area contributed by atoms with Crippen molar-refractivity contribution >= 4 is 38.4 Å². The van der Waals surface area contributed by atoms with Gasteiger partial charge in [0.25, 0.3) is 15.9 Å². The van der Waals surface area contributed by atoms with Gasteiger partial charge in [-0.05, 0) is 65.6 Å². The second-order valence-corrected chi connectivity index (χ2v) is 10.7. The first-order valence-electron chi connectivity index (χ1n) is 11.4. The van der Waals surface area contributed by atoms with Crippen molar-refractivity contribution in [2.24, 2.45) is 0 Å². The lowest BCUT2D eigenvalue weighted by molar-refractivity contribution is 0.0981. The van der Waals surface area contributed by atoms with Crippen LogP contribution < -0.4 is 4.72 Å². The van der Waals surface area contributed by atoms with Crippen LogP contribution in [0.2, 0.25) is 5.02 Å². The van der Waals surface area contributed by atoms with Crippen LogP contribution in [0.1, 0.15) is 27.2 Å². The Labute approximate surface area is 214 Å². The van der Waals surface area contributed by atoms with E-state index in [4.69, 9.17) is 11.6 Å². The summed E-state index contributed by atoms with van der Waals surface area (Å²) in [6.07, 6.45) is 0.563. The van der Waals surface area contributed by atoms with Gasteiger partial charge in [-0.2, -0.15) is 0 Å². The number of sulfonamides is 1. The molecule has 7 heteroatoms. The maximum absolute atomic E-state index is 12.9. The Kier molecular flexibility index (Phi) is 6.39. The monoisotopic (exact) mass is 514 g/mol. The number of benzene rings is 4. The number of carbonyl (C=O) groups excluding carboxylic acids is 1. The van der Waals surface area contributed by atoms with Gasteiger partial charge in [0.05, 0.1) is 4.90 Å². The number of fused-ring (bicyclic) bond motifs is 1. The molecule has 5 nitrogen and oxygen atoms in total. The summed E-state index contributed by atoms with van der Waals surface area (Å²) in [5.41, 5.74) is 6.17. The SMILES string of the molecule is Cc1[nH]c2ccc(C(=O)NS(=O)(=O)c3ccccc3)cc2c1Cc1ccc(-c2ccccc2)cc1Cl. The van der Waals surface area contributed by atoms with Crippen molar-refractivity contribution in [1.82, 2.24) is 9.71 Å². The molecule has 1 heterocycles. The Bertz CT molecular complexity index is 1680. The summed E-state index contributed by atoms with van der Waals surface area (Å²) in [7, 11) is -3.97. The molecule has 0 aliphatic carbocycles. The third kappa shape index (κ3) is 4.78. The number of nitrogens with one attached hydrogen (secondary N) is 2. The van der Waals surface area contributed by atoms with Crippen molar-refractivity contribution in [3.05, 3.63) is 124 Å². The van der Waals surface area contributed by atoms with E-state index in [0.29, 0.717) is 11.4 Å². The molecular formula is C29H23ClN2O3S. The minimum Gasteiger partial charge on any atom is -0.358 e. The van der Waals surface area contributed by atoms with Crippen molar-refractivity contribution in [1.29, 1.82) is 0 Å². The van der Waals surface area contributed by atoms with Crippen LogP contribution in [-0.2, 0) is 16.4 Å². The summed E-state index contributed by atoms with van der Waals surface area (Å²) < 4.78 is 27.4. The topological polar surface area (TPSA) is 79.0 Å². The fourth-order valence-corrected chi connectivity index (χ4v) is 5.52. The van der Waals surface area contributed by atoms with E-state index in [1.54, 1.807) is 36.4 Å². The molecule has 1 aromatic heterocycles. The number of rotatable bonds is 6. The van der Waals surface area contributed by atoms with E-state index in [0.717, 1.165) is 38.9 Å². The summed E-state index contributed by atoms with van der Waals surface area (Å²) >= 11 is 6.67.